The molecule has 4 N–H and O–H groups in total. The van der Waals surface area contributed by atoms with Gasteiger partial charge in [-0.2, -0.15) is 0 Å². The van der Waals surface area contributed by atoms with Crippen molar-refractivity contribution in [2.75, 3.05) is 26.3 Å². The lowest BCUT2D eigenvalue weighted by atomic mass is 10.2. The summed E-state index contributed by atoms with van der Waals surface area (Å²) < 4.78 is 5.58. The van der Waals surface area contributed by atoms with E-state index in [4.69, 9.17) is 22.7 Å². The topological polar surface area (TPSA) is 79.0 Å². The summed E-state index contributed by atoms with van der Waals surface area (Å²) in [5.41, 5.74) is 6.32. The molecule has 1 saturated heterocycles. The Labute approximate surface area is 130 Å². The fourth-order valence-corrected chi connectivity index (χ4v) is 2.72. The van der Waals surface area contributed by atoms with Crippen LogP contribution in [0.5, 0.6) is 5.75 Å². The molecule has 1 fully saturated rings. The largest absolute Gasteiger partial charge is 0.491 e. The van der Waals surface area contributed by atoms with E-state index in [1.807, 2.05) is 12.1 Å². The molecule has 0 amide bonds. The van der Waals surface area contributed by atoms with Crippen LogP contribution in [0, 0.1) is 0 Å². The van der Waals surface area contributed by atoms with Crippen LogP contribution in [0.25, 0.3) is 0 Å². The van der Waals surface area contributed by atoms with E-state index in [-0.39, 0.29) is 19.3 Å². The molecule has 2 rings (SSSR count). The molecule has 5 nitrogen and oxygen atoms in total. The van der Waals surface area contributed by atoms with Crippen molar-refractivity contribution in [1.29, 1.82) is 0 Å². The molecule has 2 unspecified atom stereocenters. The minimum absolute atomic E-state index is 0.142. The van der Waals surface area contributed by atoms with Crippen molar-refractivity contribution in [3.63, 3.8) is 0 Å². The van der Waals surface area contributed by atoms with Gasteiger partial charge in [-0.05, 0) is 31.5 Å². The third-order valence-electron chi connectivity index (χ3n) is 3.72. The Balaban J connectivity index is 1.82. The van der Waals surface area contributed by atoms with Gasteiger partial charge in [0.2, 0.25) is 0 Å². The molecule has 2 atom stereocenters. The number of nitrogens with zero attached hydrogens (tertiary/aromatic N) is 1. The number of aliphatic hydroxyl groups excluding tert-OH is 2. The summed E-state index contributed by atoms with van der Waals surface area (Å²) in [5.74, 6) is 0.638. The number of rotatable bonds is 7. The van der Waals surface area contributed by atoms with Crippen LogP contribution in [0.4, 0.5) is 0 Å². The van der Waals surface area contributed by atoms with Gasteiger partial charge in [0.25, 0.3) is 0 Å². The molecular formula is C15H22N2O3S. The number of benzene rings is 1. The summed E-state index contributed by atoms with van der Waals surface area (Å²) in [6.45, 7) is 1.78. The van der Waals surface area contributed by atoms with Crippen molar-refractivity contribution in [2.24, 2.45) is 5.73 Å². The van der Waals surface area contributed by atoms with E-state index in [1.165, 1.54) is 0 Å². The zero-order valence-electron chi connectivity index (χ0n) is 11.9. The van der Waals surface area contributed by atoms with E-state index >= 15 is 0 Å². The molecule has 0 bridgehead atoms. The van der Waals surface area contributed by atoms with Gasteiger partial charge < -0.3 is 20.7 Å². The highest BCUT2D eigenvalue weighted by molar-refractivity contribution is 7.80. The third-order valence-corrected chi connectivity index (χ3v) is 3.95. The van der Waals surface area contributed by atoms with E-state index in [2.05, 4.69) is 4.90 Å². The van der Waals surface area contributed by atoms with Crippen LogP contribution in [0.15, 0.2) is 24.3 Å². The lowest BCUT2D eigenvalue weighted by molar-refractivity contribution is 0.0532. The summed E-state index contributed by atoms with van der Waals surface area (Å²) in [7, 11) is 0. The number of ether oxygens (including phenoxy) is 1. The SMILES string of the molecule is NC(=S)c1cccc(OCC(O)CN2CCCC2CO)c1. The van der Waals surface area contributed by atoms with Crippen molar-refractivity contribution in [3.05, 3.63) is 29.8 Å². The van der Waals surface area contributed by atoms with Gasteiger partial charge in [-0.15, -0.1) is 0 Å². The monoisotopic (exact) mass is 310 g/mol. The normalized spacial score (nSPS) is 20.4. The fourth-order valence-electron chi connectivity index (χ4n) is 2.60. The quantitative estimate of drug-likeness (QED) is 0.637. The Morgan fingerprint density at radius 1 is 1.52 bits per heavy atom. The highest BCUT2D eigenvalue weighted by atomic mass is 32.1. The highest BCUT2D eigenvalue weighted by Crippen LogP contribution is 2.17. The maximum atomic E-state index is 10.1. The Hall–Kier alpha value is -1.21. The van der Waals surface area contributed by atoms with E-state index in [1.54, 1.807) is 12.1 Å². The van der Waals surface area contributed by atoms with Gasteiger partial charge in [-0.1, -0.05) is 24.4 Å². The average Bonchev–Trinajstić information content (AvgIpc) is 2.92. The first-order valence-electron chi connectivity index (χ1n) is 7.16. The second kappa shape index (κ2) is 7.70. The molecule has 116 valence electrons. The first-order valence-corrected chi connectivity index (χ1v) is 7.56. The van der Waals surface area contributed by atoms with Crippen LogP contribution < -0.4 is 10.5 Å². The van der Waals surface area contributed by atoms with Crippen LogP contribution >= 0.6 is 12.2 Å². The molecule has 1 aliphatic heterocycles. The van der Waals surface area contributed by atoms with Gasteiger partial charge in [-0.25, -0.2) is 0 Å². The van der Waals surface area contributed by atoms with Crippen LogP contribution in [0.1, 0.15) is 18.4 Å². The third kappa shape index (κ3) is 4.64. The van der Waals surface area contributed by atoms with Crippen molar-refractivity contribution < 1.29 is 14.9 Å². The number of nitrogens with two attached hydrogens (primary N) is 1. The minimum atomic E-state index is -0.592. The fraction of sp³-hybridized carbons (Fsp3) is 0.533. The second-order valence-corrected chi connectivity index (χ2v) is 5.77. The van der Waals surface area contributed by atoms with Crippen molar-refractivity contribution in [1.82, 2.24) is 4.90 Å². The molecule has 0 saturated carbocycles. The zero-order chi connectivity index (χ0) is 15.2. The van der Waals surface area contributed by atoms with Gasteiger partial charge in [0.1, 0.15) is 23.4 Å². The van der Waals surface area contributed by atoms with E-state index in [9.17, 15) is 10.2 Å². The Morgan fingerprint density at radius 2 is 2.33 bits per heavy atom. The summed E-state index contributed by atoms with van der Waals surface area (Å²) in [4.78, 5) is 2.43. The molecule has 6 heteroatoms. The van der Waals surface area contributed by atoms with E-state index in [0.717, 1.165) is 24.9 Å². The highest BCUT2D eigenvalue weighted by Gasteiger charge is 2.25. The Bertz CT molecular complexity index is 484. The maximum Gasteiger partial charge on any atom is 0.120 e. The van der Waals surface area contributed by atoms with Gasteiger partial charge in [0.15, 0.2) is 0 Å². The van der Waals surface area contributed by atoms with Crippen LogP contribution in [0.3, 0.4) is 0 Å². The predicted octanol–water partition coefficient (Wildman–Crippen LogP) is 0.517. The molecule has 1 aromatic rings. The Morgan fingerprint density at radius 3 is 3.05 bits per heavy atom. The second-order valence-electron chi connectivity index (χ2n) is 5.33. The number of likely N-dealkylation sites (tertiary alicyclic amines) is 1. The summed E-state index contributed by atoms with van der Waals surface area (Å²) >= 11 is 4.92. The van der Waals surface area contributed by atoms with Crippen molar-refractivity contribution >= 4 is 17.2 Å². The summed E-state index contributed by atoms with van der Waals surface area (Å²) in [5, 5.41) is 19.3. The lowest BCUT2D eigenvalue weighted by Gasteiger charge is -2.25. The zero-order valence-corrected chi connectivity index (χ0v) is 12.8. The van der Waals surface area contributed by atoms with Gasteiger partial charge >= 0.3 is 0 Å². The number of thiocarbonyl (C=S) groups is 1. The summed E-state index contributed by atoms with van der Waals surface area (Å²) in [6.07, 6.45) is 1.46. The number of hydrogen-bond acceptors (Lipinski definition) is 5. The number of β-amino-alcohol motifs (C(OH)–C–C–N with tert-alkyl or cyclic N) is 1. The first-order chi connectivity index (χ1) is 10.1. The molecule has 1 aliphatic rings. The average molecular weight is 310 g/mol. The molecule has 0 aliphatic carbocycles. The molecule has 21 heavy (non-hydrogen) atoms. The molecule has 0 spiro atoms. The van der Waals surface area contributed by atoms with Crippen LogP contribution in [-0.2, 0) is 0 Å². The van der Waals surface area contributed by atoms with Crippen LogP contribution in [-0.4, -0.2) is 58.6 Å². The number of aliphatic hydroxyl groups is 2. The molecular weight excluding hydrogens is 288 g/mol. The maximum absolute atomic E-state index is 10.1. The molecule has 1 heterocycles. The summed E-state index contributed by atoms with van der Waals surface area (Å²) in [6, 6.07) is 7.38. The van der Waals surface area contributed by atoms with E-state index in [0.29, 0.717) is 17.3 Å². The standard InChI is InChI=1S/C15H22N2O3S/c16-15(21)11-3-1-5-14(7-11)20-10-13(19)8-17-6-2-4-12(17)9-18/h1,3,5,7,12-13,18-19H,2,4,6,8-10H2,(H2,16,21). The van der Waals surface area contributed by atoms with E-state index < -0.39 is 6.10 Å². The predicted molar refractivity (Wildman–Crippen MR) is 85.5 cm³/mol. The van der Waals surface area contributed by atoms with Crippen molar-refractivity contribution in [2.45, 2.75) is 25.0 Å². The molecule has 1 aromatic carbocycles. The smallest absolute Gasteiger partial charge is 0.120 e. The van der Waals surface area contributed by atoms with Gasteiger partial charge in [0, 0.05) is 18.2 Å². The van der Waals surface area contributed by atoms with Crippen molar-refractivity contribution in [3.8, 4) is 5.75 Å². The lowest BCUT2D eigenvalue weighted by Crippen LogP contribution is -2.40. The van der Waals surface area contributed by atoms with Crippen LogP contribution in [0.2, 0.25) is 0 Å². The first kappa shape index (κ1) is 16.2. The minimum Gasteiger partial charge on any atom is -0.491 e. The van der Waals surface area contributed by atoms with Gasteiger partial charge in [-0.3, -0.25) is 4.90 Å². The molecule has 0 aromatic heterocycles. The van der Waals surface area contributed by atoms with Gasteiger partial charge in [0.05, 0.1) is 6.61 Å². The number of hydrogen-bond donors (Lipinski definition) is 3. The Kier molecular flexibility index (Phi) is 5.93. The molecule has 0 radical (unpaired) electrons.